The summed E-state index contributed by atoms with van der Waals surface area (Å²) in [6, 6.07) is 7.01. The van der Waals surface area contributed by atoms with Gasteiger partial charge in [0.2, 0.25) is 0 Å². The smallest absolute Gasteiger partial charge is 0.406 e. The first-order chi connectivity index (χ1) is 10.9. The number of Topliss-reactive ketones (excluding diaryl/α,β-unsaturated/α-hetero) is 1. The fourth-order valence-corrected chi connectivity index (χ4v) is 2.41. The lowest BCUT2D eigenvalue weighted by molar-refractivity contribution is -0.274. The van der Waals surface area contributed by atoms with Crippen LogP contribution in [0.5, 0.6) is 5.75 Å². The minimum Gasteiger partial charge on any atom is -0.406 e. The maximum atomic E-state index is 12.4. The molecule has 0 amide bonds. The number of rotatable bonds is 4. The van der Waals surface area contributed by atoms with E-state index in [2.05, 4.69) is 14.7 Å². The Bertz CT molecular complexity index is 785. The molecule has 4 nitrogen and oxygen atoms in total. The van der Waals surface area contributed by atoms with Gasteiger partial charge in [0, 0.05) is 36.4 Å². The first kappa shape index (κ1) is 15.2. The van der Waals surface area contributed by atoms with Gasteiger partial charge in [-0.1, -0.05) is 12.1 Å². The molecule has 0 N–H and O–H groups in total. The number of benzene rings is 1. The zero-order valence-electron chi connectivity index (χ0n) is 11.8. The number of hydrogen-bond acceptors (Lipinski definition) is 4. The fourth-order valence-electron chi connectivity index (χ4n) is 2.41. The van der Waals surface area contributed by atoms with Crippen LogP contribution in [0.2, 0.25) is 0 Å². The second-order valence-corrected chi connectivity index (χ2v) is 4.97. The zero-order chi connectivity index (χ0) is 16.4. The summed E-state index contributed by atoms with van der Waals surface area (Å²) in [6.45, 7) is 0. The second kappa shape index (κ2) is 5.83. The van der Waals surface area contributed by atoms with Crippen LogP contribution in [-0.4, -0.2) is 23.3 Å². The lowest BCUT2D eigenvalue weighted by Gasteiger charge is -2.10. The molecule has 7 heteroatoms. The SMILES string of the molecule is O=C(Cc1cccc(OC(F)(F)F)c1)c1ccnc2c1CC=N2. The average molecular weight is 320 g/mol. The molecule has 0 bridgehead atoms. The highest BCUT2D eigenvalue weighted by atomic mass is 19.4. The van der Waals surface area contributed by atoms with Gasteiger partial charge in [0.1, 0.15) is 5.75 Å². The number of nitrogens with zero attached hydrogens (tertiary/aromatic N) is 2. The van der Waals surface area contributed by atoms with Crippen molar-refractivity contribution in [2.45, 2.75) is 19.2 Å². The molecule has 2 aromatic rings. The molecule has 1 aromatic carbocycles. The van der Waals surface area contributed by atoms with Crippen LogP contribution in [0.4, 0.5) is 19.0 Å². The van der Waals surface area contributed by atoms with Crippen LogP contribution in [0, 0.1) is 0 Å². The van der Waals surface area contributed by atoms with E-state index in [0.717, 1.165) is 5.56 Å². The number of alkyl halides is 3. The Labute approximate surface area is 129 Å². The van der Waals surface area contributed by atoms with Crippen molar-refractivity contribution in [3.8, 4) is 5.75 Å². The molecule has 0 spiro atoms. The first-order valence-electron chi connectivity index (χ1n) is 6.81. The van der Waals surface area contributed by atoms with Gasteiger partial charge in [-0.2, -0.15) is 0 Å². The van der Waals surface area contributed by atoms with Gasteiger partial charge < -0.3 is 4.74 Å². The van der Waals surface area contributed by atoms with Crippen molar-refractivity contribution in [3.63, 3.8) is 0 Å². The van der Waals surface area contributed by atoms with E-state index in [1.165, 1.54) is 24.4 Å². The van der Waals surface area contributed by atoms with E-state index in [-0.39, 0.29) is 18.0 Å². The van der Waals surface area contributed by atoms with Crippen molar-refractivity contribution >= 4 is 17.8 Å². The summed E-state index contributed by atoms with van der Waals surface area (Å²) in [5.74, 6) is -0.0191. The third kappa shape index (κ3) is 3.56. The number of aliphatic imine (C=N–C) groups is 1. The summed E-state index contributed by atoms with van der Waals surface area (Å²) in [6.07, 6.45) is -1.08. The van der Waals surface area contributed by atoms with Gasteiger partial charge in [-0.15, -0.1) is 13.2 Å². The summed E-state index contributed by atoms with van der Waals surface area (Å²) in [5.41, 5.74) is 1.69. The van der Waals surface area contributed by atoms with E-state index in [4.69, 9.17) is 0 Å². The van der Waals surface area contributed by atoms with Crippen LogP contribution in [0.3, 0.4) is 0 Å². The average Bonchev–Trinajstić information content (AvgIpc) is 2.93. The number of pyridine rings is 1. The minimum absolute atomic E-state index is 0.0223. The lowest BCUT2D eigenvalue weighted by Crippen LogP contribution is -2.17. The summed E-state index contributed by atoms with van der Waals surface area (Å²) in [4.78, 5) is 20.6. The third-order valence-corrected chi connectivity index (χ3v) is 3.34. The monoisotopic (exact) mass is 320 g/mol. The molecule has 0 atom stereocenters. The van der Waals surface area contributed by atoms with Crippen molar-refractivity contribution in [1.29, 1.82) is 0 Å². The van der Waals surface area contributed by atoms with Gasteiger partial charge >= 0.3 is 6.36 Å². The molecule has 0 aliphatic carbocycles. The van der Waals surface area contributed by atoms with Crippen molar-refractivity contribution in [3.05, 3.63) is 53.2 Å². The molecule has 2 heterocycles. The highest BCUT2D eigenvalue weighted by Crippen LogP contribution is 2.27. The Balaban J connectivity index is 1.79. The van der Waals surface area contributed by atoms with E-state index in [0.29, 0.717) is 23.4 Å². The van der Waals surface area contributed by atoms with Crippen LogP contribution in [0.1, 0.15) is 21.5 Å². The Kier molecular flexibility index (Phi) is 3.85. The molecular formula is C16H11F3N2O2. The van der Waals surface area contributed by atoms with Gasteiger partial charge in [0.25, 0.3) is 0 Å². The number of aromatic nitrogens is 1. The van der Waals surface area contributed by atoms with Crippen LogP contribution < -0.4 is 4.74 Å². The molecule has 0 saturated heterocycles. The van der Waals surface area contributed by atoms with E-state index < -0.39 is 6.36 Å². The van der Waals surface area contributed by atoms with E-state index >= 15 is 0 Å². The van der Waals surface area contributed by atoms with Gasteiger partial charge in [-0.3, -0.25) is 4.79 Å². The maximum Gasteiger partial charge on any atom is 0.573 e. The quantitative estimate of drug-likeness (QED) is 0.808. The molecule has 118 valence electrons. The maximum absolute atomic E-state index is 12.4. The van der Waals surface area contributed by atoms with Crippen molar-refractivity contribution in [2.75, 3.05) is 0 Å². The van der Waals surface area contributed by atoms with Gasteiger partial charge in [0.15, 0.2) is 11.6 Å². The molecule has 1 aliphatic rings. The van der Waals surface area contributed by atoms with Gasteiger partial charge in [0.05, 0.1) is 0 Å². The van der Waals surface area contributed by atoms with E-state index in [1.807, 2.05) is 0 Å². The van der Waals surface area contributed by atoms with E-state index in [9.17, 15) is 18.0 Å². The van der Waals surface area contributed by atoms with Crippen molar-refractivity contribution < 1.29 is 22.7 Å². The van der Waals surface area contributed by atoms with Crippen molar-refractivity contribution in [2.24, 2.45) is 4.99 Å². The highest BCUT2D eigenvalue weighted by molar-refractivity contribution is 6.01. The second-order valence-electron chi connectivity index (χ2n) is 4.97. The summed E-state index contributed by atoms with van der Waals surface area (Å²) < 4.78 is 40.6. The normalized spacial score (nSPS) is 13.0. The predicted octanol–water partition coefficient (Wildman–Crippen LogP) is 3.66. The minimum atomic E-state index is -4.76. The van der Waals surface area contributed by atoms with Gasteiger partial charge in [-0.05, 0) is 23.8 Å². The summed E-state index contributed by atoms with van der Waals surface area (Å²) in [7, 11) is 0. The molecule has 0 radical (unpaired) electrons. The third-order valence-electron chi connectivity index (χ3n) is 3.34. The molecule has 1 aliphatic heterocycles. The van der Waals surface area contributed by atoms with Crippen LogP contribution in [0.25, 0.3) is 0 Å². The number of ketones is 1. The Morgan fingerprint density at radius 2 is 2.09 bits per heavy atom. The Morgan fingerprint density at radius 3 is 2.87 bits per heavy atom. The fraction of sp³-hybridized carbons (Fsp3) is 0.188. The highest BCUT2D eigenvalue weighted by Gasteiger charge is 2.31. The number of carbonyl (C=O) groups is 1. The van der Waals surface area contributed by atoms with E-state index in [1.54, 1.807) is 18.3 Å². The largest absolute Gasteiger partial charge is 0.573 e. The molecule has 0 fully saturated rings. The van der Waals surface area contributed by atoms with Crippen LogP contribution >= 0.6 is 0 Å². The predicted molar refractivity (Wildman–Crippen MR) is 77.3 cm³/mol. The molecule has 0 saturated carbocycles. The number of hydrogen-bond donors (Lipinski definition) is 0. The Hall–Kier alpha value is -2.70. The molecule has 3 rings (SSSR count). The number of carbonyl (C=O) groups excluding carboxylic acids is 1. The first-order valence-corrected chi connectivity index (χ1v) is 6.81. The topological polar surface area (TPSA) is 51.5 Å². The zero-order valence-corrected chi connectivity index (χ0v) is 11.8. The number of ether oxygens (including phenoxy) is 1. The molecular weight excluding hydrogens is 309 g/mol. The van der Waals surface area contributed by atoms with Crippen molar-refractivity contribution in [1.82, 2.24) is 4.98 Å². The molecule has 0 unspecified atom stereocenters. The van der Waals surface area contributed by atoms with Gasteiger partial charge in [-0.25, -0.2) is 9.98 Å². The van der Waals surface area contributed by atoms with Crippen LogP contribution in [0.15, 0.2) is 41.5 Å². The van der Waals surface area contributed by atoms with Crippen LogP contribution in [-0.2, 0) is 12.8 Å². The number of fused-ring (bicyclic) bond motifs is 1. The molecule has 23 heavy (non-hydrogen) atoms. The Morgan fingerprint density at radius 1 is 1.26 bits per heavy atom. The lowest BCUT2D eigenvalue weighted by atomic mass is 9.99. The summed E-state index contributed by atoms with van der Waals surface area (Å²) in [5, 5.41) is 0. The number of halogens is 3. The molecule has 1 aromatic heterocycles. The standard InChI is InChI=1S/C16H11F3N2O2/c17-16(18,19)23-11-3-1-2-10(8-11)9-14(22)12-4-6-20-15-13(12)5-7-21-15/h1-4,6-8H,5,9H2. The summed E-state index contributed by atoms with van der Waals surface area (Å²) >= 11 is 0.